The van der Waals surface area contributed by atoms with Crippen molar-refractivity contribution in [2.45, 2.75) is 10.1 Å². The predicted octanol–water partition coefficient (Wildman–Crippen LogP) is 2.57. The number of aromatic nitrogens is 2. The average molecular weight is 265 g/mol. The van der Waals surface area contributed by atoms with Gasteiger partial charge in [0.1, 0.15) is 5.84 Å². The molecule has 3 N–H and O–H groups in total. The first-order valence-corrected chi connectivity index (χ1v) is 5.95. The minimum absolute atomic E-state index is 0.0611. The van der Waals surface area contributed by atoms with Crippen LogP contribution >= 0.6 is 23.4 Å². The van der Waals surface area contributed by atoms with E-state index in [9.17, 15) is 0 Å². The number of nitrogens with zero attached hydrogens (tertiary/aromatic N) is 2. The van der Waals surface area contributed by atoms with Gasteiger partial charge in [-0.3, -0.25) is 5.41 Å². The van der Waals surface area contributed by atoms with Crippen LogP contribution in [0.3, 0.4) is 0 Å². The van der Waals surface area contributed by atoms with Gasteiger partial charge in [0.25, 0.3) is 0 Å². The number of hydrogen-bond acceptors (Lipinski definition) is 4. The Bertz CT molecular complexity index is 544. The second-order valence-electron chi connectivity index (χ2n) is 3.16. The molecule has 0 atom stereocenters. The Labute approximate surface area is 108 Å². The number of amidine groups is 1. The van der Waals surface area contributed by atoms with Gasteiger partial charge in [0.2, 0.25) is 0 Å². The van der Waals surface area contributed by atoms with E-state index >= 15 is 0 Å². The molecule has 0 aliphatic carbocycles. The summed E-state index contributed by atoms with van der Waals surface area (Å²) >= 11 is 7.34. The van der Waals surface area contributed by atoms with Gasteiger partial charge in [0.05, 0.1) is 5.02 Å². The van der Waals surface area contributed by atoms with Crippen LogP contribution in [0.25, 0.3) is 0 Å². The minimum atomic E-state index is -0.0611. The summed E-state index contributed by atoms with van der Waals surface area (Å²) in [4.78, 5) is 8.98. The summed E-state index contributed by atoms with van der Waals surface area (Å²) < 4.78 is 0. The van der Waals surface area contributed by atoms with Gasteiger partial charge in [0.15, 0.2) is 5.16 Å². The third kappa shape index (κ3) is 2.75. The van der Waals surface area contributed by atoms with E-state index < -0.39 is 0 Å². The molecule has 0 bridgehead atoms. The molecule has 6 heteroatoms. The van der Waals surface area contributed by atoms with Crippen LogP contribution in [0.4, 0.5) is 0 Å². The van der Waals surface area contributed by atoms with Crippen molar-refractivity contribution in [1.82, 2.24) is 9.97 Å². The first kappa shape index (κ1) is 11.9. The van der Waals surface area contributed by atoms with E-state index in [1.807, 2.05) is 6.07 Å². The fourth-order valence-corrected chi connectivity index (χ4v) is 2.51. The molecule has 0 amide bonds. The molecule has 1 aromatic heterocycles. The van der Waals surface area contributed by atoms with E-state index in [1.165, 1.54) is 11.8 Å². The van der Waals surface area contributed by atoms with Crippen LogP contribution in [-0.4, -0.2) is 15.8 Å². The molecule has 0 radical (unpaired) electrons. The Balaban J connectivity index is 2.40. The molecule has 0 aliphatic rings. The quantitative estimate of drug-likeness (QED) is 0.508. The molecule has 2 rings (SSSR count). The maximum absolute atomic E-state index is 7.52. The Morgan fingerprint density at radius 3 is 2.59 bits per heavy atom. The molecule has 0 saturated heterocycles. The fourth-order valence-electron chi connectivity index (χ4n) is 1.29. The van der Waals surface area contributed by atoms with Crippen molar-refractivity contribution in [3.05, 3.63) is 47.2 Å². The van der Waals surface area contributed by atoms with Crippen LogP contribution in [0.5, 0.6) is 0 Å². The van der Waals surface area contributed by atoms with Crippen LogP contribution in [0, 0.1) is 5.41 Å². The van der Waals surface area contributed by atoms with Gasteiger partial charge in [-0.1, -0.05) is 17.7 Å². The molecule has 0 aliphatic heterocycles. The summed E-state index contributed by atoms with van der Waals surface area (Å²) in [6.45, 7) is 0. The zero-order valence-electron chi connectivity index (χ0n) is 8.72. The molecule has 0 saturated carbocycles. The summed E-state index contributed by atoms with van der Waals surface area (Å²) in [6.07, 6.45) is 3.32. The lowest BCUT2D eigenvalue weighted by Gasteiger charge is -2.08. The fraction of sp³-hybridized carbons (Fsp3) is 0. The Hall–Kier alpha value is -1.59. The number of nitrogens with one attached hydrogen (secondary N) is 1. The SMILES string of the molecule is N=C(N)c1c(Cl)cccc1Sc1ncccn1. The lowest BCUT2D eigenvalue weighted by molar-refractivity contribution is 0.966. The number of hydrogen-bond donors (Lipinski definition) is 2. The average Bonchev–Trinajstić information content (AvgIpc) is 2.30. The molecule has 17 heavy (non-hydrogen) atoms. The van der Waals surface area contributed by atoms with Gasteiger partial charge in [-0.15, -0.1) is 0 Å². The topological polar surface area (TPSA) is 75.7 Å². The first-order chi connectivity index (χ1) is 8.18. The van der Waals surface area contributed by atoms with E-state index in [4.69, 9.17) is 22.7 Å². The van der Waals surface area contributed by atoms with Gasteiger partial charge < -0.3 is 5.73 Å². The predicted molar refractivity (Wildman–Crippen MR) is 68.6 cm³/mol. The van der Waals surface area contributed by atoms with Crippen molar-refractivity contribution in [2.75, 3.05) is 0 Å². The second-order valence-corrected chi connectivity index (χ2v) is 4.58. The number of benzene rings is 1. The molecule has 0 unspecified atom stereocenters. The first-order valence-electron chi connectivity index (χ1n) is 4.76. The molecule has 86 valence electrons. The molecular formula is C11H9ClN4S. The highest BCUT2D eigenvalue weighted by atomic mass is 35.5. The third-order valence-electron chi connectivity index (χ3n) is 1.99. The molecule has 0 spiro atoms. The monoisotopic (exact) mass is 264 g/mol. The summed E-state index contributed by atoms with van der Waals surface area (Å²) in [5.41, 5.74) is 6.03. The highest BCUT2D eigenvalue weighted by Gasteiger charge is 2.11. The van der Waals surface area contributed by atoms with Crippen molar-refractivity contribution < 1.29 is 0 Å². The molecule has 2 aromatic rings. The van der Waals surface area contributed by atoms with E-state index in [2.05, 4.69) is 9.97 Å². The van der Waals surface area contributed by atoms with Crippen molar-refractivity contribution in [3.8, 4) is 0 Å². The zero-order chi connectivity index (χ0) is 12.3. The molecular weight excluding hydrogens is 256 g/mol. The summed E-state index contributed by atoms with van der Waals surface area (Å²) in [6, 6.07) is 7.09. The maximum Gasteiger partial charge on any atom is 0.192 e. The largest absolute Gasteiger partial charge is 0.384 e. The zero-order valence-corrected chi connectivity index (χ0v) is 10.3. The Morgan fingerprint density at radius 1 is 1.24 bits per heavy atom. The molecule has 4 nitrogen and oxygen atoms in total. The number of rotatable bonds is 3. The number of halogens is 1. The van der Waals surface area contributed by atoms with Crippen molar-refractivity contribution in [1.29, 1.82) is 5.41 Å². The lowest BCUT2D eigenvalue weighted by Crippen LogP contribution is -2.13. The molecule has 0 fully saturated rings. The van der Waals surface area contributed by atoms with Gasteiger partial charge in [-0.2, -0.15) is 0 Å². The van der Waals surface area contributed by atoms with E-state index in [0.29, 0.717) is 15.7 Å². The van der Waals surface area contributed by atoms with Crippen LogP contribution in [0.2, 0.25) is 5.02 Å². The second kappa shape index (κ2) is 5.16. The summed E-state index contributed by atoms with van der Waals surface area (Å²) in [5, 5.41) is 8.57. The van der Waals surface area contributed by atoms with Gasteiger partial charge in [-0.25, -0.2) is 9.97 Å². The standard InChI is InChI=1S/C11H9ClN4S/c12-7-3-1-4-8(9(7)10(13)14)17-11-15-5-2-6-16-11/h1-6H,(H3,13,14). The third-order valence-corrected chi connectivity index (χ3v) is 3.26. The molecule has 1 aromatic carbocycles. The normalized spacial score (nSPS) is 10.2. The van der Waals surface area contributed by atoms with Crippen LogP contribution in [0.15, 0.2) is 46.7 Å². The van der Waals surface area contributed by atoms with Crippen LogP contribution in [-0.2, 0) is 0 Å². The van der Waals surface area contributed by atoms with Crippen LogP contribution < -0.4 is 5.73 Å². The minimum Gasteiger partial charge on any atom is -0.384 e. The van der Waals surface area contributed by atoms with Crippen molar-refractivity contribution >= 4 is 29.2 Å². The summed E-state index contributed by atoms with van der Waals surface area (Å²) in [7, 11) is 0. The van der Waals surface area contributed by atoms with E-state index in [0.717, 1.165) is 4.90 Å². The lowest BCUT2D eigenvalue weighted by atomic mass is 10.2. The smallest absolute Gasteiger partial charge is 0.192 e. The molecule has 1 heterocycles. The highest BCUT2D eigenvalue weighted by molar-refractivity contribution is 7.99. The Morgan fingerprint density at radius 2 is 1.94 bits per heavy atom. The van der Waals surface area contributed by atoms with E-state index in [-0.39, 0.29) is 5.84 Å². The van der Waals surface area contributed by atoms with Crippen molar-refractivity contribution in [3.63, 3.8) is 0 Å². The Kier molecular flexibility index (Phi) is 3.61. The van der Waals surface area contributed by atoms with E-state index in [1.54, 1.807) is 30.6 Å². The van der Waals surface area contributed by atoms with Crippen LogP contribution in [0.1, 0.15) is 5.56 Å². The van der Waals surface area contributed by atoms with Gasteiger partial charge in [0, 0.05) is 22.9 Å². The summed E-state index contributed by atoms with van der Waals surface area (Å²) in [5.74, 6) is -0.0611. The maximum atomic E-state index is 7.52. The number of nitrogen functional groups attached to an aromatic ring is 1. The number of nitrogens with two attached hydrogens (primary N) is 1. The highest BCUT2D eigenvalue weighted by Crippen LogP contribution is 2.31. The van der Waals surface area contributed by atoms with Crippen molar-refractivity contribution in [2.24, 2.45) is 5.73 Å². The van der Waals surface area contributed by atoms with Gasteiger partial charge in [-0.05, 0) is 30.0 Å². The van der Waals surface area contributed by atoms with Gasteiger partial charge >= 0.3 is 0 Å².